The van der Waals surface area contributed by atoms with Crippen LogP contribution in [0.2, 0.25) is 0 Å². The van der Waals surface area contributed by atoms with Gasteiger partial charge in [0.15, 0.2) is 0 Å². The van der Waals surface area contributed by atoms with E-state index in [0.29, 0.717) is 5.95 Å². The molecule has 0 radical (unpaired) electrons. The first-order valence-electron chi connectivity index (χ1n) is 6.68. The van der Waals surface area contributed by atoms with Crippen molar-refractivity contribution < 1.29 is 0 Å². The van der Waals surface area contributed by atoms with Gasteiger partial charge in [-0.2, -0.15) is 0 Å². The normalized spacial score (nSPS) is 10.6. The summed E-state index contributed by atoms with van der Waals surface area (Å²) < 4.78 is 0. The van der Waals surface area contributed by atoms with Gasteiger partial charge >= 0.3 is 0 Å². The van der Waals surface area contributed by atoms with Gasteiger partial charge in [0.2, 0.25) is 5.95 Å². The Labute approximate surface area is 115 Å². The maximum Gasteiger partial charge on any atom is 0.223 e. The second-order valence-electron chi connectivity index (χ2n) is 5.01. The number of aryl methyl sites for hydroxylation is 4. The average Bonchev–Trinajstić information content (AvgIpc) is 2.37. The molecular weight excluding hydrogens is 234 g/mol. The van der Waals surface area contributed by atoms with Crippen LogP contribution >= 0.6 is 0 Å². The fourth-order valence-corrected chi connectivity index (χ4v) is 2.17. The van der Waals surface area contributed by atoms with Gasteiger partial charge in [-0.25, -0.2) is 9.97 Å². The van der Waals surface area contributed by atoms with Crippen LogP contribution in [0.5, 0.6) is 0 Å². The Morgan fingerprint density at radius 1 is 0.947 bits per heavy atom. The Morgan fingerprint density at radius 3 is 2.32 bits per heavy atom. The number of nitrogens with zero attached hydrogens (tertiary/aromatic N) is 2. The first-order valence-corrected chi connectivity index (χ1v) is 6.68. The molecule has 0 fully saturated rings. The van der Waals surface area contributed by atoms with Gasteiger partial charge < -0.3 is 5.32 Å². The van der Waals surface area contributed by atoms with Crippen molar-refractivity contribution in [2.24, 2.45) is 0 Å². The molecule has 0 atom stereocenters. The van der Waals surface area contributed by atoms with Gasteiger partial charge in [-0.3, -0.25) is 0 Å². The molecule has 1 N–H and O–H groups in total. The predicted molar refractivity (Wildman–Crippen MR) is 80.6 cm³/mol. The van der Waals surface area contributed by atoms with Crippen LogP contribution in [0.4, 0.5) is 5.95 Å². The summed E-state index contributed by atoms with van der Waals surface area (Å²) in [6, 6.07) is 4.44. The molecule has 1 aromatic heterocycles. The second-order valence-corrected chi connectivity index (χ2v) is 5.01. The number of hydrogen-bond donors (Lipinski definition) is 1. The largest absolute Gasteiger partial charge is 0.354 e. The summed E-state index contributed by atoms with van der Waals surface area (Å²) in [6.07, 6.45) is 1.88. The first kappa shape index (κ1) is 13.5. The van der Waals surface area contributed by atoms with E-state index in [1.807, 2.05) is 13.1 Å². The lowest BCUT2D eigenvalue weighted by Gasteiger charge is -2.12. The lowest BCUT2D eigenvalue weighted by atomic mass is 9.97. The summed E-state index contributed by atoms with van der Waals surface area (Å²) in [7, 11) is 0. The zero-order valence-electron chi connectivity index (χ0n) is 12.3. The monoisotopic (exact) mass is 255 g/mol. The summed E-state index contributed by atoms with van der Waals surface area (Å²) in [5.74, 6) is 0.695. The highest BCUT2D eigenvalue weighted by Crippen LogP contribution is 2.27. The molecule has 2 rings (SSSR count). The fraction of sp³-hybridized carbons (Fsp3) is 0.375. The van der Waals surface area contributed by atoms with Crippen molar-refractivity contribution in [1.82, 2.24) is 9.97 Å². The van der Waals surface area contributed by atoms with Gasteiger partial charge in [0.25, 0.3) is 0 Å². The predicted octanol–water partition coefficient (Wildman–Crippen LogP) is 3.81. The van der Waals surface area contributed by atoms with Crippen LogP contribution < -0.4 is 5.32 Å². The van der Waals surface area contributed by atoms with Gasteiger partial charge in [-0.15, -0.1) is 0 Å². The molecule has 0 spiro atoms. The Balaban J connectivity index is 2.57. The molecule has 2 aromatic rings. The van der Waals surface area contributed by atoms with Crippen molar-refractivity contribution in [1.29, 1.82) is 0 Å². The van der Waals surface area contributed by atoms with E-state index < -0.39 is 0 Å². The molecule has 3 heteroatoms. The number of aromatic nitrogens is 2. The zero-order valence-corrected chi connectivity index (χ0v) is 12.3. The van der Waals surface area contributed by atoms with Gasteiger partial charge in [-0.05, 0) is 62.9 Å². The Morgan fingerprint density at radius 2 is 1.63 bits per heavy atom. The molecule has 3 nitrogen and oxygen atoms in total. The van der Waals surface area contributed by atoms with Crippen molar-refractivity contribution in [3.05, 3.63) is 40.6 Å². The van der Waals surface area contributed by atoms with E-state index in [1.54, 1.807) is 0 Å². The van der Waals surface area contributed by atoms with Crippen molar-refractivity contribution >= 4 is 5.95 Å². The molecule has 0 unspecified atom stereocenters. The molecule has 1 aromatic carbocycles. The molecule has 0 saturated heterocycles. The van der Waals surface area contributed by atoms with Crippen molar-refractivity contribution in [2.75, 3.05) is 11.9 Å². The van der Waals surface area contributed by atoms with E-state index in [1.165, 1.54) is 22.3 Å². The smallest absolute Gasteiger partial charge is 0.223 e. The fourth-order valence-electron chi connectivity index (χ4n) is 2.17. The molecule has 19 heavy (non-hydrogen) atoms. The van der Waals surface area contributed by atoms with Crippen LogP contribution in [0.25, 0.3) is 11.3 Å². The summed E-state index contributed by atoms with van der Waals surface area (Å²) >= 11 is 0. The molecule has 0 aliphatic rings. The highest BCUT2D eigenvalue weighted by atomic mass is 15.1. The topological polar surface area (TPSA) is 37.8 Å². The van der Waals surface area contributed by atoms with E-state index in [2.05, 4.69) is 55.1 Å². The van der Waals surface area contributed by atoms with E-state index in [0.717, 1.165) is 17.8 Å². The van der Waals surface area contributed by atoms with Gasteiger partial charge in [0, 0.05) is 18.3 Å². The third-order valence-corrected chi connectivity index (χ3v) is 3.40. The average molecular weight is 255 g/mol. The molecule has 1 heterocycles. The van der Waals surface area contributed by atoms with Crippen molar-refractivity contribution in [2.45, 2.75) is 34.6 Å². The van der Waals surface area contributed by atoms with Crippen LogP contribution in [0.1, 0.15) is 29.2 Å². The van der Waals surface area contributed by atoms with Gasteiger partial charge in [-0.1, -0.05) is 6.07 Å². The first-order chi connectivity index (χ1) is 9.02. The molecule has 0 aliphatic carbocycles. The Hall–Kier alpha value is -1.90. The van der Waals surface area contributed by atoms with E-state index in [9.17, 15) is 0 Å². The SMILES string of the molecule is CCNc1ncc(C)c(-c2cc(C)c(C)cc2C)n1. The molecule has 0 aliphatic heterocycles. The lowest BCUT2D eigenvalue weighted by molar-refractivity contribution is 1.07. The summed E-state index contributed by atoms with van der Waals surface area (Å²) in [4.78, 5) is 8.94. The maximum atomic E-state index is 4.64. The molecule has 0 amide bonds. The van der Waals surface area contributed by atoms with E-state index >= 15 is 0 Å². The Kier molecular flexibility index (Phi) is 3.84. The third-order valence-electron chi connectivity index (χ3n) is 3.40. The number of rotatable bonds is 3. The minimum Gasteiger partial charge on any atom is -0.354 e. The summed E-state index contributed by atoms with van der Waals surface area (Å²) in [5, 5.41) is 3.17. The van der Waals surface area contributed by atoms with E-state index in [4.69, 9.17) is 0 Å². The zero-order chi connectivity index (χ0) is 14.0. The highest BCUT2D eigenvalue weighted by Gasteiger charge is 2.10. The molecule has 100 valence electrons. The number of benzene rings is 1. The minimum absolute atomic E-state index is 0.695. The van der Waals surface area contributed by atoms with Crippen molar-refractivity contribution in [3.63, 3.8) is 0 Å². The van der Waals surface area contributed by atoms with Crippen molar-refractivity contribution in [3.8, 4) is 11.3 Å². The van der Waals surface area contributed by atoms with Crippen LogP contribution in [0, 0.1) is 27.7 Å². The third kappa shape index (κ3) is 2.75. The van der Waals surface area contributed by atoms with E-state index in [-0.39, 0.29) is 0 Å². The summed E-state index contributed by atoms with van der Waals surface area (Å²) in [5.41, 5.74) is 7.19. The molecular formula is C16H21N3. The van der Waals surface area contributed by atoms with Crippen LogP contribution in [0.15, 0.2) is 18.3 Å². The minimum atomic E-state index is 0.695. The molecule has 0 bridgehead atoms. The lowest BCUT2D eigenvalue weighted by Crippen LogP contribution is -2.04. The Bertz CT molecular complexity index is 603. The highest BCUT2D eigenvalue weighted by molar-refractivity contribution is 5.68. The number of hydrogen-bond acceptors (Lipinski definition) is 3. The standard InChI is InChI=1S/C16H21N3/c1-6-17-16-18-9-13(5)15(19-16)14-8-11(3)10(2)7-12(14)4/h7-9H,6H2,1-5H3,(H,17,18,19). The number of nitrogens with one attached hydrogen (secondary N) is 1. The maximum absolute atomic E-state index is 4.64. The van der Waals surface area contributed by atoms with Gasteiger partial charge in [0.1, 0.15) is 0 Å². The van der Waals surface area contributed by atoms with Gasteiger partial charge in [0.05, 0.1) is 5.69 Å². The van der Waals surface area contributed by atoms with Crippen LogP contribution in [0.3, 0.4) is 0 Å². The summed E-state index contributed by atoms with van der Waals surface area (Å²) in [6.45, 7) is 11.3. The second kappa shape index (κ2) is 5.39. The van der Waals surface area contributed by atoms with Crippen LogP contribution in [-0.2, 0) is 0 Å². The number of anilines is 1. The van der Waals surface area contributed by atoms with Crippen LogP contribution in [-0.4, -0.2) is 16.5 Å². The molecule has 0 saturated carbocycles. The quantitative estimate of drug-likeness (QED) is 0.906.